The fraction of sp³-hybridized carbons (Fsp3) is 0.0769. The summed E-state index contributed by atoms with van der Waals surface area (Å²) in [5, 5.41) is 13.1. The van der Waals surface area contributed by atoms with Crippen LogP contribution in [0.2, 0.25) is 0 Å². The third-order valence-electron chi connectivity index (χ3n) is 2.35. The summed E-state index contributed by atoms with van der Waals surface area (Å²) in [6, 6.07) is 3.17. The van der Waals surface area contributed by atoms with Gasteiger partial charge in [0.05, 0.1) is 17.7 Å². The smallest absolute Gasteiger partial charge is 0.328 e. The van der Waals surface area contributed by atoms with Crippen molar-refractivity contribution in [3.8, 4) is 0 Å². The van der Waals surface area contributed by atoms with Crippen LogP contribution in [0.4, 0.5) is 0 Å². The summed E-state index contributed by atoms with van der Waals surface area (Å²) >= 11 is 1.46. The van der Waals surface area contributed by atoms with Gasteiger partial charge in [0, 0.05) is 17.7 Å². The van der Waals surface area contributed by atoms with E-state index in [9.17, 15) is 9.59 Å². The summed E-state index contributed by atoms with van der Waals surface area (Å²) in [7, 11) is 0. The Morgan fingerprint density at radius 3 is 2.80 bits per heavy atom. The Balaban J connectivity index is 1.95. The van der Waals surface area contributed by atoms with E-state index in [2.05, 4.69) is 15.3 Å². The van der Waals surface area contributed by atoms with Gasteiger partial charge in [0.2, 0.25) is 0 Å². The molecule has 0 aromatic carbocycles. The molecule has 2 aromatic heterocycles. The van der Waals surface area contributed by atoms with Crippen molar-refractivity contribution in [2.24, 2.45) is 0 Å². The Morgan fingerprint density at radius 2 is 2.20 bits per heavy atom. The van der Waals surface area contributed by atoms with Crippen LogP contribution in [-0.2, 0) is 11.3 Å². The first-order valence-corrected chi connectivity index (χ1v) is 6.62. The number of hydrogen-bond acceptors (Lipinski definition) is 5. The van der Waals surface area contributed by atoms with Crippen molar-refractivity contribution in [2.45, 2.75) is 6.54 Å². The molecule has 102 valence electrons. The van der Waals surface area contributed by atoms with E-state index in [1.54, 1.807) is 11.6 Å². The van der Waals surface area contributed by atoms with E-state index in [1.807, 2.05) is 5.38 Å². The Labute approximate surface area is 118 Å². The number of aliphatic carboxylic acids is 1. The lowest BCUT2D eigenvalue weighted by Crippen LogP contribution is -2.23. The number of aromatic nitrogens is 2. The molecule has 0 aliphatic carbocycles. The van der Waals surface area contributed by atoms with E-state index in [1.165, 1.54) is 29.7 Å². The zero-order chi connectivity index (χ0) is 14.4. The number of thiazole rings is 1. The predicted octanol–water partition coefficient (Wildman–Crippen LogP) is 1.57. The molecule has 2 aromatic rings. The van der Waals surface area contributed by atoms with Crippen LogP contribution in [0.15, 0.2) is 35.3 Å². The number of amides is 1. The second kappa shape index (κ2) is 6.58. The lowest BCUT2D eigenvalue weighted by Gasteiger charge is -2.02. The molecule has 2 heterocycles. The van der Waals surface area contributed by atoms with Crippen LogP contribution in [0.3, 0.4) is 0 Å². The maximum absolute atomic E-state index is 11.8. The van der Waals surface area contributed by atoms with E-state index >= 15 is 0 Å². The molecule has 6 nitrogen and oxygen atoms in total. The number of nitrogens with one attached hydrogen (secondary N) is 1. The summed E-state index contributed by atoms with van der Waals surface area (Å²) in [5.41, 5.74) is 3.38. The molecule has 1 amide bonds. The van der Waals surface area contributed by atoms with E-state index in [-0.39, 0.29) is 11.6 Å². The second-order valence-electron chi connectivity index (χ2n) is 3.81. The van der Waals surface area contributed by atoms with Crippen LogP contribution < -0.4 is 5.32 Å². The van der Waals surface area contributed by atoms with Gasteiger partial charge in [-0.2, -0.15) is 0 Å². The molecular formula is C13H11N3O3S. The van der Waals surface area contributed by atoms with Gasteiger partial charge in [0.25, 0.3) is 5.91 Å². The summed E-state index contributed by atoms with van der Waals surface area (Å²) in [4.78, 5) is 30.2. The summed E-state index contributed by atoms with van der Waals surface area (Å²) in [6.07, 6.45) is 3.86. The number of nitrogens with zero attached hydrogens (tertiary/aromatic N) is 2. The van der Waals surface area contributed by atoms with Gasteiger partial charge in [0.1, 0.15) is 5.69 Å². The molecule has 0 radical (unpaired) electrons. The van der Waals surface area contributed by atoms with Gasteiger partial charge in [0.15, 0.2) is 0 Å². The summed E-state index contributed by atoms with van der Waals surface area (Å²) in [6.45, 7) is 0.352. The van der Waals surface area contributed by atoms with Gasteiger partial charge in [-0.1, -0.05) is 6.07 Å². The fourth-order valence-electron chi connectivity index (χ4n) is 1.39. The molecule has 7 heteroatoms. The van der Waals surface area contributed by atoms with E-state index in [0.717, 1.165) is 11.8 Å². The van der Waals surface area contributed by atoms with Gasteiger partial charge in [-0.25, -0.2) is 9.78 Å². The van der Waals surface area contributed by atoms with Crippen molar-refractivity contribution in [3.05, 3.63) is 52.2 Å². The quantitative estimate of drug-likeness (QED) is 0.815. The van der Waals surface area contributed by atoms with Crippen molar-refractivity contribution in [2.75, 3.05) is 0 Å². The van der Waals surface area contributed by atoms with Gasteiger partial charge >= 0.3 is 5.97 Å². The number of rotatable bonds is 5. The number of hydrogen-bond donors (Lipinski definition) is 2. The zero-order valence-corrected chi connectivity index (χ0v) is 11.1. The monoisotopic (exact) mass is 289 g/mol. The lowest BCUT2D eigenvalue weighted by atomic mass is 10.2. The Kier molecular flexibility index (Phi) is 4.56. The van der Waals surface area contributed by atoms with E-state index in [0.29, 0.717) is 12.1 Å². The minimum atomic E-state index is -1.03. The average molecular weight is 289 g/mol. The van der Waals surface area contributed by atoms with Crippen molar-refractivity contribution in [1.82, 2.24) is 15.3 Å². The maximum Gasteiger partial charge on any atom is 0.328 e. The van der Waals surface area contributed by atoms with Crippen molar-refractivity contribution in [1.29, 1.82) is 0 Å². The second-order valence-corrected chi connectivity index (χ2v) is 4.53. The number of carbonyl (C=O) groups excluding carboxylic acids is 1. The molecule has 2 N–H and O–H groups in total. The molecule has 0 saturated carbocycles. The minimum absolute atomic E-state index is 0.271. The molecule has 0 fully saturated rings. The average Bonchev–Trinajstić information content (AvgIpc) is 2.96. The molecular weight excluding hydrogens is 278 g/mol. The molecule has 0 aliphatic heterocycles. The van der Waals surface area contributed by atoms with Crippen molar-refractivity contribution >= 4 is 29.3 Å². The Hall–Kier alpha value is -2.54. The zero-order valence-electron chi connectivity index (χ0n) is 10.3. The van der Waals surface area contributed by atoms with E-state index in [4.69, 9.17) is 5.11 Å². The Bertz CT molecular complexity index is 621. The van der Waals surface area contributed by atoms with Crippen LogP contribution in [-0.4, -0.2) is 27.0 Å². The summed E-state index contributed by atoms with van der Waals surface area (Å²) in [5.74, 6) is -1.33. The van der Waals surface area contributed by atoms with Crippen molar-refractivity contribution in [3.63, 3.8) is 0 Å². The highest BCUT2D eigenvalue weighted by molar-refractivity contribution is 7.07. The molecule has 2 rings (SSSR count). The normalized spacial score (nSPS) is 10.6. The first-order chi connectivity index (χ1) is 9.65. The highest BCUT2D eigenvalue weighted by atomic mass is 32.1. The van der Waals surface area contributed by atoms with E-state index < -0.39 is 5.97 Å². The molecule has 20 heavy (non-hydrogen) atoms. The van der Waals surface area contributed by atoms with Gasteiger partial charge in [-0.15, -0.1) is 11.3 Å². The SMILES string of the molecule is O=C(O)C=Cc1ccc(C(=O)NCc2cscn2)nc1. The maximum atomic E-state index is 11.8. The van der Waals surface area contributed by atoms with Crippen LogP contribution in [0.5, 0.6) is 0 Å². The van der Waals surface area contributed by atoms with Gasteiger partial charge < -0.3 is 10.4 Å². The van der Waals surface area contributed by atoms with Gasteiger partial charge in [-0.3, -0.25) is 9.78 Å². The van der Waals surface area contributed by atoms with Gasteiger partial charge in [-0.05, 0) is 17.7 Å². The third-order valence-corrected chi connectivity index (χ3v) is 2.99. The van der Waals surface area contributed by atoms with Crippen molar-refractivity contribution < 1.29 is 14.7 Å². The molecule has 0 aliphatic rings. The first-order valence-electron chi connectivity index (χ1n) is 5.67. The Morgan fingerprint density at radius 1 is 1.35 bits per heavy atom. The largest absolute Gasteiger partial charge is 0.478 e. The number of carboxylic acids is 1. The third kappa shape index (κ3) is 3.99. The lowest BCUT2D eigenvalue weighted by molar-refractivity contribution is -0.131. The van der Waals surface area contributed by atoms with Crippen LogP contribution >= 0.6 is 11.3 Å². The fourth-order valence-corrected chi connectivity index (χ4v) is 1.95. The van der Waals surface area contributed by atoms with Crippen LogP contribution in [0.25, 0.3) is 6.08 Å². The van der Waals surface area contributed by atoms with Crippen LogP contribution in [0.1, 0.15) is 21.7 Å². The topological polar surface area (TPSA) is 92.2 Å². The standard InChI is InChI=1S/C13H11N3O3S/c17-12(18)4-2-9-1-3-11(14-5-9)13(19)15-6-10-7-20-8-16-10/h1-5,7-8H,6H2,(H,15,19)(H,17,18). The minimum Gasteiger partial charge on any atom is -0.478 e. The first kappa shape index (κ1) is 13.9. The molecule has 0 unspecified atom stereocenters. The summed E-state index contributed by atoms with van der Waals surface area (Å²) < 4.78 is 0. The molecule has 0 saturated heterocycles. The number of pyridine rings is 1. The highest BCUT2D eigenvalue weighted by Gasteiger charge is 2.06. The highest BCUT2D eigenvalue weighted by Crippen LogP contribution is 2.04. The van der Waals surface area contributed by atoms with Crippen LogP contribution in [0, 0.1) is 0 Å². The molecule has 0 bridgehead atoms. The molecule has 0 spiro atoms. The number of carboxylic acid groups (broad SMARTS) is 1. The predicted molar refractivity (Wildman–Crippen MR) is 74.2 cm³/mol. The molecule has 0 atom stereocenters. The number of carbonyl (C=O) groups is 2.